The number of carbonyl (C=O) groups excluding carboxylic acids is 2. The summed E-state index contributed by atoms with van der Waals surface area (Å²) in [6, 6.07) is 11.3. The lowest BCUT2D eigenvalue weighted by Gasteiger charge is -2.10. The number of hydrogen-bond acceptors (Lipinski definition) is 7. The highest BCUT2D eigenvalue weighted by Gasteiger charge is 2.19. The van der Waals surface area contributed by atoms with Gasteiger partial charge in [-0.15, -0.1) is 0 Å². The van der Waals surface area contributed by atoms with Gasteiger partial charge < -0.3 is 20.1 Å². The largest absolute Gasteiger partial charge is 0.454 e. The summed E-state index contributed by atoms with van der Waals surface area (Å²) in [4.78, 5) is 33.9. The molecule has 0 saturated carbocycles. The normalized spacial score (nSPS) is 12.1. The van der Waals surface area contributed by atoms with Crippen LogP contribution < -0.4 is 20.1 Å². The maximum atomic E-state index is 13.5. The summed E-state index contributed by atoms with van der Waals surface area (Å²) in [7, 11) is 0. The number of aromatic nitrogens is 4. The topological polar surface area (TPSA) is 120 Å². The van der Waals surface area contributed by atoms with E-state index in [1.165, 1.54) is 23.0 Å². The van der Waals surface area contributed by atoms with Crippen molar-refractivity contribution in [2.45, 2.75) is 20.0 Å². The minimum Gasteiger partial charge on any atom is -0.454 e. The standard InChI is InChI=1S/C23H19FN6O4/c1-13-6-14(2-4-16(13)24)9-25-21(31)17-8-18(30-23(29-17)27-11-28-30)22(32)26-10-15-3-5-19-20(7-15)34-12-33-19/h2-8,11H,9-10,12H2,1H3,(H,25,31)(H,26,32). The van der Waals surface area contributed by atoms with E-state index in [0.717, 1.165) is 11.1 Å². The molecule has 4 aromatic rings. The molecule has 0 atom stereocenters. The van der Waals surface area contributed by atoms with Gasteiger partial charge in [-0.3, -0.25) is 9.59 Å². The minimum absolute atomic E-state index is 0.00700. The Hall–Kier alpha value is -4.54. The van der Waals surface area contributed by atoms with Crippen LogP contribution in [0.25, 0.3) is 5.78 Å². The van der Waals surface area contributed by atoms with Crippen molar-refractivity contribution in [2.24, 2.45) is 0 Å². The van der Waals surface area contributed by atoms with Crippen molar-refractivity contribution in [3.05, 3.63) is 82.7 Å². The molecule has 0 unspecified atom stereocenters. The Kier molecular flexibility index (Phi) is 5.50. The van der Waals surface area contributed by atoms with Crippen molar-refractivity contribution in [3.8, 4) is 11.5 Å². The van der Waals surface area contributed by atoms with Gasteiger partial charge in [-0.1, -0.05) is 18.2 Å². The molecule has 172 valence electrons. The summed E-state index contributed by atoms with van der Waals surface area (Å²) in [5, 5.41) is 9.57. The highest BCUT2D eigenvalue weighted by Crippen LogP contribution is 2.32. The Morgan fingerprint density at radius 3 is 2.56 bits per heavy atom. The molecule has 11 heteroatoms. The Morgan fingerprint density at radius 2 is 1.74 bits per heavy atom. The second-order valence-corrected chi connectivity index (χ2v) is 7.63. The van der Waals surface area contributed by atoms with Crippen LogP contribution in [0, 0.1) is 12.7 Å². The van der Waals surface area contributed by atoms with Crippen molar-refractivity contribution in [1.29, 1.82) is 0 Å². The smallest absolute Gasteiger partial charge is 0.270 e. The molecule has 2 aromatic heterocycles. The highest BCUT2D eigenvalue weighted by atomic mass is 19.1. The Balaban J connectivity index is 1.32. The van der Waals surface area contributed by atoms with E-state index in [-0.39, 0.29) is 42.9 Å². The van der Waals surface area contributed by atoms with E-state index in [0.29, 0.717) is 17.1 Å². The zero-order chi connectivity index (χ0) is 23.7. The maximum absolute atomic E-state index is 13.5. The summed E-state index contributed by atoms with van der Waals surface area (Å²) in [5.41, 5.74) is 2.14. The molecule has 0 bridgehead atoms. The number of aryl methyl sites for hydroxylation is 1. The Morgan fingerprint density at radius 1 is 1.00 bits per heavy atom. The first-order chi connectivity index (χ1) is 16.5. The number of carbonyl (C=O) groups is 2. The van der Waals surface area contributed by atoms with Gasteiger partial charge in [0.1, 0.15) is 23.5 Å². The average molecular weight is 462 g/mol. The first-order valence-electron chi connectivity index (χ1n) is 10.4. The van der Waals surface area contributed by atoms with Crippen LogP contribution in [0.15, 0.2) is 48.8 Å². The lowest BCUT2D eigenvalue weighted by atomic mass is 10.1. The summed E-state index contributed by atoms with van der Waals surface area (Å²) in [6.07, 6.45) is 1.25. The molecule has 3 heterocycles. The number of rotatable bonds is 6. The molecule has 0 radical (unpaired) electrons. The van der Waals surface area contributed by atoms with E-state index < -0.39 is 11.8 Å². The lowest BCUT2D eigenvalue weighted by Crippen LogP contribution is -2.28. The van der Waals surface area contributed by atoms with Crippen LogP contribution in [0.1, 0.15) is 37.7 Å². The van der Waals surface area contributed by atoms with Crippen LogP contribution in [0.3, 0.4) is 0 Å². The summed E-state index contributed by atoms with van der Waals surface area (Å²) >= 11 is 0. The van der Waals surface area contributed by atoms with Crippen molar-refractivity contribution in [1.82, 2.24) is 30.2 Å². The van der Waals surface area contributed by atoms with E-state index in [9.17, 15) is 14.0 Å². The molecule has 2 N–H and O–H groups in total. The van der Waals surface area contributed by atoms with Crippen LogP contribution in [0.2, 0.25) is 0 Å². The minimum atomic E-state index is -0.503. The number of ether oxygens (including phenoxy) is 2. The van der Waals surface area contributed by atoms with Crippen molar-refractivity contribution < 1.29 is 23.5 Å². The third-order valence-electron chi connectivity index (χ3n) is 5.28. The molecule has 0 fully saturated rings. The van der Waals surface area contributed by atoms with Crippen molar-refractivity contribution in [3.63, 3.8) is 0 Å². The quantitative estimate of drug-likeness (QED) is 0.451. The number of nitrogens with one attached hydrogen (secondary N) is 2. The van der Waals surface area contributed by atoms with Gasteiger partial charge in [-0.05, 0) is 41.8 Å². The fourth-order valence-corrected chi connectivity index (χ4v) is 3.50. The zero-order valence-electron chi connectivity index (χ0n) is 18.0. The number of amides is 2. The predicted molar refractivity (Wildman–Crippen MR) is 117 cm³/mol. The summed E-state index contributed by atoms with van der Waals surface area (Å²) in [5.74, 6) is 0.101. The van der Waals surface area contributed by atoms with Crippen LogP contribution in [-0.4, -0.2) is 38.2 Å². The number of hydrogen-bond donors (Lipinski definition) is 2. The second kappa shape index (κ2) is 8.77. The van der Waals surface area contributed by atoms with Gasteiger partial charge in [-0.2, -0.15) is 14.6 Å². The number of benzene rings is 2. The first kappa shape index (κ1) is 21.3. The van der Waals surface area contributed by atoms with E-state index >= 15 is 0 Å². The van der Waals surface area contributed by atoms with E-state index in [4.69, 9.17) is 9.47 Å². The van der Waals surface area contributed by atoms with E-state index in [1.807, 2.05) is 6.07 Å². The molecule has 0 aliphatic carbocycles. The average Bonchev–Trinajstić information content (AvgIpc) is 3.51. The van der Waals surface area contributed by atoms with Crippen LogP contribution >= 0.6 is 0 Å². The third kappa shape index (κ3) is 4.22. The van der Waals surface area contributed by atoms with Gasteiger partial charge in [0, 0.05) is 19.2 Å². The van der Waals surface area contributed by atoms with E-state index in [1.54, 1.807) is 31.2 Å². The third-order valence-corrected chi connectivity index (χ3v) is 5.28. The van der Waals surface area contributed by atoms with Gasteiger partial charge in [0.15, 0.2) is 11.5 Å². The van der Waals surface area contributed by atoms with E-state index in [2.05, 4.69) is 25.7 Å². The van der Waals surface area contributed by atoms with Gasteiger partial charge in [0.05, 0.1) is 0 Å². The monoisotopic (exact) mass is 462 g/mol. The molecule has 0 spiro atoms. The van der Waals surface area contributed by atoms with Gasteiger partial charge in [0.2, 0.25) is 6.79 Å². The molecule has 1 aliphatic rings. The Bertz CT molecular complexity index is 1420. The molecule has 2 amide bonds. The second-order valence-electron chi connectivity index (χ2n) is 7.63. The summed E-state index contributed by atoms with van der Waals surface area (Å²) < 4.78 is 25.4. The lowest BCUT2D eigenvalue weighted by molar-refractivity contribution is 0.0942. The summed E-state index contributed by atoms with van der Waals surface area (Å²) in [6.45, 7) is 2.21. The predicted octanol–water partition coefficient (Wildman–Crippen LogP) is 2.16. The molecule has 1 aliphatic heterocycles. The van der Waals surface area contributed by atoms with Crippen LogP contribution in [0.4, 0.5) is 4.39 Å². The number of nitrogens with zero attached hydrogens (tertiary/aromatic N) is 4. The van der Waals surface area contributed by atoms with Gasteiger partial charge >= 0.3 is 0 Å². The van der Waals surface area contributed by atoms with Gasteiger partial charge in [0.25, 0.3) is 17.6 Å². The molecule has 5 rings (SSSR count). The molecular formula is C23H19FN6O4. The van der Waals surface area contributed by atoms with Crippen molar-refractivity contribution in [2.75, 3.05) is 6.79 Å². The molecule has 10 nitrogen and oxygen atoms in total. The molecule has 2 aromatic carbocycles. The van der Waals surface area contributed by atoms with Crippen LogP contribution in [-0.2, 0) is 13.1 Å². The molecular weight excluding hydrogens is 443 g/mol. The fourth-order valence-electron chi connectivity index (χ4n) is 3.50. The number of halogens is 1. The van der Waals surface area contributed by atoms with Crippen LogP contribution in [0.5, 0.6) is 11.5 Å². The maximum Gasteiger partial charge on any atom is 0.270 e. The molecule has 34 heavy (non-hydrogen) atoms. The zero-order valence-corrected chi connectivity index (χ0v) is 18.0. The Labute approximate surface area is 192 Å². The fraction of sp³-hybridized carbons (Fsp3) is 0.174. The number of fused-ring (bicyclic) bond motifs is 2. The van der Waals surface area contributed by atoms with Gasteiger partial charge in [-0.25, -0.2) is 9.37 Å². The SMILES string of the molecule is Cc1cc(CNC(=O)c2cc(C(=O)NCc3ccc4c(c3)OCO4)n3ncnc3n2)ccc1F. The van der Waals surface area contributed by atoms with Crippen molar-refractivity contribution >= 4 is 17.6 Å². The first-order valence-corrected chi connectivity index (χ1v) is 10.4. The highest BCUT2D eigenvalue weighted by molar-refractivity contribution is 5.98. The molecule has 0 saturated heterocycles.